The van der Waals surface area contributed by atoms with E-state index in [2.05, 4.69) is 10.3 Å². The summed E-state index contributed by atoms with van der Waals surface area (Å²) in [5.41, 5.74) is 5.52. The van der Waals surface area contributed by atoms with Crippen molar-refractivity contribution in [2.45, 2.75) is 11.4 Å². The first kappa shape index (κ1) is 21.5. The number of aromatic nitrogens is 1. The van der Waals surface area contributed by atoms with Crippen LogP contribution in [0.5, 0.6) is 0 Å². The standard InChI is InChI=1S/C15H17N4O7PS2/c1-25-27(24,26-2)5-7(8-6-29-15(16)17-8)11(20)18-10-12(21)19-9(14(22)23)3-4-28-13(10)19/h3,5-6,10,13H,4H2,1-2H3,(H2,16,17)(H,18,20)(H,22,23)/b7-5-/t10-,13-/m1/s1. The van der Waals surface area contributed by atoms with Crippen LogP contribution in [0.4, 0.5) is 5.13 Å². The average molecular weight is 460 g/mol. The first-order valence-corrected chi connectivity index (χ1v) is 11.6. The van der Waals surface area contributed by atoms with E-state index in [1.807, 2.05) is 0 Å². The van der Waals surface area contributed by atoms with Crippen LogP contribution in [0.15, 0.2) is 23.0 Å². The van der Waals surface area contributed by atoms with E-state index in [1.54, 1.807) is 0 Å². The van der Waals surface area contributed by atoms with Gasteiger partial charge in [0.05, 0.1) is 11.3 Å². The lowest BCUT2D eigenvalue weighted by Crippen LogP contribution is -2.70. The minimum atomic E-state index is -3.73. The van der Waals surface area contributed by atoms with E-state index in [-0.39, 0.29) is 22.1 Å². The maximum atomic E-state index is 12.9. The number of nitrogens with one attached hydrogen (secondary N) is 1. The molecule has 11 nitrogen and oxygen atoms in total. The Hall–Kier alpha value is -2.18. The van der Waals surface area contributed by atoms with Crippen molar-refractivity contribution in [3.63, 3.8) is 0 Å². The Morgan fingerprint density at radius 3 is 2.69 bits per heavy atom. The van der Waals surface area contributed by atoms with Gasteiger partial charge in [-0.05, 0) is 6.08 Å². The number of amides is 2. The normalized spacial score (nSPS) is 21.9. The molecule has 0 aliphatic carbocycles. The minimum absolute atomic E-state index is 0.115. The largest absolute Gasteiger partial charge is 0.477 e. The number of anilines is 1. The monoisotopic (exact) mass is 460 g/mol. The van der Waals surface area contributed by atoms with Crippen LogP contribution in [-0.4, -0.2) is 64.2 Å². The number of nitrogens with zero attached hydrogens (tertiary/aromatic N) is 2. The van der Waals surface area contributed by atoms with Crippen LogP contribution >= 0.6 is 30.7 Å². The molecule has 0 spiro atoms. The number of carboxylic acids is 1. The topological polar surface area (TPSA) is 161 Å². The SMILES string of the molecule is COP(=O)(/C=C(\C(=O)N[C@@H]1C(=O)N2C(C(=O)O)=CCS[C@H]12)c1csc(N)n1)OC. The van der Waals surface area contributed by atoms with Gasteiger partial charge in [-0.3, -0.25) is 19.1 Å². The molecule has 1 aromatic rings. The Balaban J connectivity index is 1.86. The maximum absolute atomic E-state index is 12.9. The summed E-state index contributed by atoms with van der Waals surface area (Å²) >= 11 is 2.39. The predicted molar refractivity (Wildman–Crippen MR) is 107 cm³/mol. The molecule has 3 heterocycles. The quantitative estimate of drug-likeness (QED) is 0.303. The van der Waals surface area contributed by atoms with Gasteiger partial charge in [0, 0.05) is 31.2 Å². The average Bonchev–Trinajstić information content (AvgIpc) is 3.14. The molecule has 0 saturated carbocycles. The van der Waals surface area contributed by atoms with Crippen LogP contribution in [0, 0.1) is 0 Å². The number of thioether (sulfide) groups is 1. The Kier molecular flexibility index (Phi) is 6.15. The fourth-order valence-electron chi connectivity index (χ4n) is 2.75. The summed E-state index contributed by atoms with van der Waals surface area (Å²) in [6, 6.07) is -0.945. The van der Waals surface area contributed by atoms with E-state index in [9.17, 15) is 24.1 Å². The number of nitrogen functional groups attached to an aromatic ring is 1. The molecule has 0 aromatic carbocycles. The van der Waals surface area contributed by atoms with Gasteiger partial charge in [0.25, 0.3) is 11.8 Å². The van der Waals surface area contributed by atoms with E-state index in [0.29, 0.717) is 5.75 Å². The molecule has 2 aliphatic rings. The van der Waals surface area contributed by atoms with E-state index < -0.39 is 36.8 Å². The molecule has 156 valence electrons. The second kappa shape index (κ2) is 8.28. The highest BCUT2D eigenvalue weighted by atomic mass is 32.2. The van der Waals surface area contributed by atoms with Gasteiger partial charge in [-0.2, -0.15) is 0 Å². The molecule has 1 saturated heterocycles. The Bertz CT molecular complexity index is 968. The third-order valence-corrected chi connectivity index (χ3v) is 7.64. The zero-order valence-corrected chi connectivity index (χ0v) is 17.8. The number of β-lactam (4-membered cyclic amide) rings is 1. The van der Waals surface area contributed by atoms with Crippen LogP contribution in [0.25, 0.3) is 5.57 Å². The molecule has 0 unspecified atom stereocenters. The molecule has 4 N–H and O–H groups in total. The summed E-state index contributed by atoms with van der Waals surface area (Å²) in [5, 5.41) is 12.9. The molecule has 2 amide bonds. The fourth-order valence-corrected chi connectivity index (χ4v) is 5.43. The van der Waals surface area contributed by atoms with Gasteiger partial charge in [-0.25, -0.2) is 9.78 Å². The number of hydrogen-bond donors (Lipinski definition) is 3. The second-order valence-corrected chi connectivity index (χ2v) is 9.90. The van der Waals surface area contributed by atoms with Crippen molar-refractivity contribution in [3.05, 3.63) is 28.7 Å². The number of aliphatic carboxylic acids is 1. The smallest absolute Gasteiger partial charge is 0.354 e. The number of fused-ring (bicyclic) bond motifs is 1. The van der Waals surface area contributed by atoms with E-state index >= 15 is 0 Å². The molecular formula is C15H17N4O7PS2. The maximum Gasteiger partial charge on any atom is 0.354 e. The van der Waals surface area contributed by atoms with Crippen molar-refractivity contribution in [3.8, 4) is 0 Å². The highest BCUT2D eigenvalue weighted by molar-refractivity contribution is 8.00. The van der Waals surface area contributed by atoms with Gasteiger partial charge < -0.3 is 25.2 Å². The lowest BCUT2D eigenvalue weighted by Gasteiger charge is -2.48. The van der Waals surface area contributed by atoms with Crippen LogP contribution in [-0.2, 0) is 28.0 Å². The highest BCUT2D eigenvalue weighted by Gasteiger charge is 2.53. The first-order chi connectivity index (χ1) is 13.7. The molecule has 1 fully saturated rings. The number of carbonyl (C=O) groups is 3. The number of carboxylic acid groups (broad SMARTS) is 1. The van der Waals surface area contributed by atoms with E-state index in [4.69, 9.17) is 14.8 Å². The van der Waals surface area contributed by atoms with Crippen molar-refractivity contribution >= 4 is 59.2 Å². The molecule has 1 aromatic heterocycles. The third-order valence-electron chi connectivity index (χ3n) is 4.19. The zero-order valence-electron chi connectivity index (χ0n) is 15.2. The van der Waals surface area contributed by atoms with Gasteiger partial charge in [0.15, 0.2) is 5.13 Å². The minimum Gasteiger partial charge on any atom is -0.477 e. The van der Waals surface area contributed by atoms with Gasteiger partial charge >= 0.3 is 13.6 Å². The molecule has 0 bridgehead atoms. The van der Waals surface area contributed by atoms with Crippen molar-refractivity contribution in [1.82, 2.24) is 15.2 Å². The number of nitrogens with two attached hydrogens (primary N) is 1. The van der Waals surface area contributed by atoms with Gasteiger partial charge in [0.2, 0.25) is 0 Å². The summed E-state index contributed by atoms with van der Waals surface area (Å²) in [6.45, 7) is 0. The van der Waals surface area contributed by atoms with Gasteiger partial charge in [-0.15, -0.1) is 23.1 Å². The molecule has 14 heteroatoms. The first-order valence-electron chi connectivity index (χ1n) is 8.05. The van der Waals surface area contributed by atoms with Crippen molar-refractivity contribution in [2.75, 3.05) is 25.7 Å². The third kappa shape index (κ3) is 4.09. The Labute approximate surface area is 173 Å². The summed E-state index contributed by atoms with van der Waals surface area (Å²) in [5.74, 6) is -1.12. The predicted octanol–water partition coefficient (Wildman–Crippen LogP) is 0.920. The number of rotatable bonds is 7. The Morgan fingerprint density at radius 1 is 1.45 bits per heavy atom. The molecular weight excluding hydrogens is 443 g/mol. The summed E-state index contributed by atoms with van der Waals surface area (Å²) < 4.78 is 22.2. The number of thiazole rings is 1. The van der Waals surface area contributed by atoms with Crippen molar-refractivity contribution < 1.29 is 33.1 Å². The van der Waals surface area contributed by atoms with Crippen molar-refractivity contribution in [1.29, 1.82) is 0 Å². The fraction of sp³-hybridized carbons (Fsp3) is 0.333. The zero-order chi connectivity index (χ0) is 21.3. The molecule has 3 rings (SSSR count). The lowest BCUT2D eigenvalue weighted by molar-refractivity contribution is -0.150. The van der Waals surface area contributed by atoms with Gasteiger partial charge in [0.1, 0.15) is 17.1 Å². The van der Waals surface area contributed by atoms with E-state index in [0.717, 1.165) is 36.3 Å². The highest BCUT2D eigenvalue weighted by Crippen LogP contribution is 2.50. The molecule has 0 radical (unpaired) electrons. The van der Waals surface area contributed by atoms with E-state index in [1.165, 1.54) is 23.2 Å². The van der Waals surface area contributed by atoms with Crippen LogP contribution in [0.2, 0.25) is 0 Å². The summed E-state index contributed by atoms with van der Waals surface area (Å²) in [6.07, 6.45) is 1.44. The molecule has 2 aliphatic heterocycles. The Morgan fingerprint density at radius 2 is 2.14 bits per heavy atom. The van der Waals surface area contributed by atoms with Crippen LogP contribution in [0.1, 0.15) is 5.69 Å². The number of hydrogen-bond acceptors (Lipinski definition) is 10. The summed E-state index contributed by atoms with van der Waals surface area (Å²) in [7, 11) is -1.41. The number of carbonyl (C=O) groups excluding carboxylic acids is 2. The molecule has 29 heavy (non-hydrogen) atoms. The van der Waals surface area contributed by atoms with Crippen LogP contribution in [0.3, 0.4) is 0 Å². The van der Waals surface area contributed by atoms with Gasteiger partial charge in [-0.1, -0.05) is 0 Å². The summed E-state index contributed by atoms with van der Waals surface area (Å²) in [4.78, 5) is 41.8. The second-order valence-electron chi connectivity index (χ2n) is 5.80. The molecule has 2 atom stereocenters. The van der Waals surface area contributed by atoms with Crippen LogP contribution < -0.4 is 11.1 Å². The van der Waals surface area contributed by atoms with Crippen molar-refractivity contribution in [2.24, 2.45) is 0 Å². The lowest BCUT2D eigenvalue weighted by atomic mass is 10.0.